The first-order chi connectivity index (χ1) is 8.65. The molecular formula is C11H14ClN5O. The van der Waals surface area contributed by atoms with Gasteiger partial charge in [0.2, 0.25) is 0 Å². The van der Waals surface area contributed by atoms with Crippen molar-refractivity contribution in [2.75, 3.05) is 19.5 Å². The van der Waals surface area contributed by atoms with Gasteiger partial charge in [0.05, 0.1) is 23.4 Å². The molecule has 0 aliphatic heterocycles. The Morgan fingerprint density at radius 2 is 2.28 bits per heavy atom. The number of hydrogen-bond donors (Lipinski definition) is 1. The number of aromatic nitrogens is 4. The molecule has 7 heteroatoms. The molecule has 0 aliphatic carbocycles. The number of hydrogen-bond acceptors (Lipinski definition) is 5. The maximum absolute atomic E-state index is 6.17. The van der Waals surface area contributed by atoms with Crippen molar-refractivity contribution in [3.8, 4) is 11.4 Å². The number of rotatable bonds is 4. The van der Waals surface area contributed by atoms with E-state index in [1.807, 2.05) is 19.1 Å². The fourth-order valence-electron chi connectivity index (χ4n) is 1.70. The summed E-state index contributed by atoms with van der Waals surface area (Å²) in [6, 6.07) is 5.40. The molecule has 1 heterocycles. The summed E-state index contributed by atoms with van der Waals surface area (Å²) in [6.07, 6.45) is 0. The first kappa shape index (κ1) is 12.8. The van der Waals surface area contributed by atoms with E-state index in [4.69, 9.17) is 22.1 Å². The summed E-state index contributed by atoms with van der Waals surface area (Å²) in [4.78, 5) is 0. The highest BCUT2D eigenvalue weighted by molar-refractivity contribution is 6.35. The summed E-state index contributed by atoms with van der Waals surface area (Å²) >= 11 is 6.17. The maximum atomic E-state index is 6.17. The maximum Gasteiger partial charge on any atom is 0.183 e. The van der Waals surface area contributed by atoms with Gasteiger partial charge in [0, 0.05) is 12.7 Å². The molecule has 0 spiro atoms. The summed E-state index contributed by atoms with van der Waals surface area (Å²) in [5, 5.41) is 12.1. The van der Waals surface area contributed by atoms with Crippen LogP contribution in [0.3, 0.4) is 0 Å². The number of anilines is 1. The second-order valence-electron chi connectivity index (χ2n) is 3.96. The minimum absolute atomic E-state index is 0.0116. The molecule has 96 valence electrons. The first-order valence-corrected chi connectivity index (χ1v) is 5.84. The minimum atomic E-state index is 0.0116. The summed E-state index contributed by atoms with van der Waals surface area (Å²) < 4.78 is 6.77. The van der Waals surface area contributed by atoms with Gasteiger partial charge in [0.25, 0.3) is 0 Å². The second kappa shape index (κ2) is 5.32. The van der Waals surface area contributed by atoms with E-state index < -0.39 is 0 Å². The van der Waals surface area contributed by atoms with Crippen LogP contribution in [0, 0.1) is 0 Å². The molecule has 0 fully saturated rings. The Morgan fingerprint density at radius 1 is 1.50 bits per heavy atom. The molecule has 0 saturated carbocycles. The van der Waals surface area contributed by atoms with Gasteiger partial charge in [-0.05, 0) is 29.5 Å². The van der Waals surface area contributed by atoms with E-state index in [9.17, 15) is 0 Å². The lowest BCUT2D eigenvalue weighted by atomic mass is 10.2. The van der Waals surface area contributed by atoms with Crippen molar-refractivity contribution in [2.45, 2.75) is 13.0 Å². The topological polar surface area (TPSA) is 78.8 Å². The molecule has 0 saturated heterocycles. The molecule has 0 bridgehead atoms. The standard InChI is InChI=1S/C11H14ClN5O/c1-7(6-18-2)17-11(14-15-16-17)8-4-3-5-9(13)10(8)12/h3-5,7H,6,13H2,1-2H3. The molecule has 2 rings (SSSR count). The van der Waals surface area contributed by atoms with Crippen molar-refractivity contribution in [1.82, 2.24) is 20.2 Å². The molecule has 1 aromatic carbocycles. The Bertz CT molecular complexity index is 542. The smallest absolute Gasteiger partial charge is 0.183 e. The van der Waals surface area contributed by atoms with Gasteiger partial charge < -0.3 is 10.5 Å². The number of methoxy groups -OCH3 is 1. The van der Waals surface area contributed by atoms with Crippen LogP contribution in [0.1, 0.15) is 13.0 Å². The van der Waals surface area contributed by atoms with E-state index in [2.05, 4.69) is 15.5 Å². The highest BCUT2D eigenvalue weighted by Gasteiger charge is 2.17. The Morgan fingerprint density at radius 3 is 3.00 bits per heavy atom. The molecule has 1 atom stereocenters. The molecule has 0 radical (unpaired) electrons. The van der Waals surface area contributed by atoms with Crippen LogP contribution in [0.15, 0.2) is 18.2 Å². The number of nitrogen functional groups attached to an aromatic ring is 1. The van der Waals surface area contributed by atoms with Crippen LogP contribution >= 0.6 is 11.6 Å². The van der Waals surface area contributed by atoms with E-state index in [-0.39, 0.29) is 6.04 Å². The lowest BCUT2D eigenvalue weighted by Crippen LogP contribution is -2.14. The number of benzene rings is 1. The number of tetrazole rings is 1. The fourth-order valence-corrected chi connectivity index (χ4v) is 1.91. The number of halogens is 1. The highest BCUT2D eigenvalue weighted by atomic mass is 35.5. The molecule has 1 unspecified atom stereocenters. The van der Waals surface area contributed by atoms with Crippen LogP contribution in [0.2, 0.25) is 5.02 Å². The summed E-state index contributed by atoms with van der Waals surface area (Å²) in [5.41, 5.74) is 6.99. The molecule has 0 aliphatic rings. The Labute approximate surface area is 110 Å². The largest absolute Gasteiger partial charge is 0.398 e. The summed E-state index contributed by atoms with van der Waals surface area (Å²) in [5.74, 6) is 0.580. The lowest BCUT2D eigenvalue weighted by Gasteiger charge is -2.13. The average molecular weight is 268 g/mol. The third-order valence-corrected chi connectivity index (χ3v) is 3.01. The zero-order chi connectivity index (χ0) is 13.1. The number of ether oxygens (including phenoxy) is 1. The number of nitrogens with zero attached hydrogens (tertiary/aromatic N) is 4. The average Bonchev–Trinajstić information content (AvgIpc) is 2.82. The van der Waals surface area contributed by atoms with Crippen molar-refractivity contribution in [1.29, 1.82) is 0 Å². The third kappa shape index (κ3) is 2.30. The predicted molar refractivity (Wildman–Crippen MR) is 69.3 cm³/mol. The van der Waals surface area contributed by atoms with Gasteiger partial charge >= 0.3 is 0 Å². The van der Waals surface area contributed by atoms with Crippen LogP contribution in [-0.2, 0) is 4.74 Å². The van der Waals surface area contributed by atoms with E-state index in [0.29, 0.717) is 28.7 Å². The molecule has 2 N–H and O–H groups in total. The van der Waals surface area contributed by atoms with E-state index >= 15 is 0 Å². The van der Waals surface area contributed by atoms with E-state index in [1.165, 1.54) is 0 Å². The van der Waals surface area contributed by atoms with Gasteiger partial charge in [-0.25, -0.2) is 4.68 Å². The first-order valence-electron chi connectivity index (χ1n) is 5.46. The third-order valence-electron chi connectivity index (χ3n) is 2.59. The van der Waals surface area contributed by atoms with Crippen molar-refractivity contribution >= 4 is 17.3 Å². The van der Waals surface area contributed by atoms with Gasteiger partial charge in [0.1, 0.15) is 0 Å². The van der Waals surface area contributed by atoms with Gasteiger partial charge in [-0.15, -0.1) is 5.10 Å². The summed E-state index contributed by atoms with van der Waals surface area (Å²) in [6.45, 7) is 2.47. The number of nitrogens with two attached hydrogens (primary N) is 1. The molecule has 18 heavy (non-hydrogen) atoms. The molecule has 6 nitrogen and oxygen atoms in total. The lowest BCUT2D eigenvalue weighted by molar-refractivity contribution is 0.156. The second-order valence-corrected chi connectivity index (χ2v) is 4.34. The molecular weight excluding hydrogens is 254 g/mol. The summed E-state index contributed by atoms with van der Waals surface area (Å²) in [7, 11) is 1.63. The van der Waals surface area contributed by atoms with Crippen LogP contribution in [-0.4, -0.2) is 33.9 Å². The minimum Gasteiger partial charge on any atom is -0.398 e. The molecule has 2 aromatic rings. The SMILES string of the molecule is COCC(C)n1nnnc1-c1cccc(N)c1Cl. The van der Waals surface area contributed by atoms with Crippen LogP contribution in [0.25, 0.3) is 11.4 Å². The van der Waals surface area contributed by atoms with Crippen molar-refractivity contribution in [2.24, 2.45) is 0 Å². The van der Waals surface area contributed by atoms with Crippen molar-refractivity contribution < 1.29 is 4.74 Å². The van der Waals surface area contributed by atoms with Crippen LogP contribution in [0.5, 0.6) is 0 Å². The van der Waals surface area contributed by atoms with Crippen molar-refractivity contribution in [3.63, 3.8) is 0 Å². The normalized spacial score (nSPS) is 12.6. The van der Waals surface area contributed by atoms with Crippen molar-refractivity contribution in [3.05, 3.63) is 23.2 Å². The Hall–Kier alpha value is -1.66. The molecule has 1 aromatic heterocycles. The Kier molecular flexibility index (Phi) is 3.78. The van der Waals surface area contributed by atoms with E-state index in [1.54, 1.807) is 17.9 Å². The zero-order valence-electron chi connectivity index (χ0n) is 10.2. The van der Waals surface area contributed by atoms with Gasteiger partial charge in [-0.3, -0.25) is 0 Å². The zero-order valence-corrected chi connectivity index (χ0v) is 10.9. The van der Waals surface area contributed by atoms with Gasteiger partial charge in [-0.2, -0.15) is 0 Å². The monoisotopic (exact) mass is 267 g/mol. The highest BCUT2D eigenvalue weighted by Crippen LogP contribution is 2.31. The predicted octanol–water partition coefficient (Wildman–Crippen LogP) is 1.78. The fraction of sp³-hybridized carbons (Fsp3) is 0.364. The van der Waals surface area contributed by atoms with Gasteiger partial charge in [-0.1, -0.05) is 17.7 Å². The van der Waals surface area contributed by atoms with Gasteiger partial charge in [0.15, 0.2) is 5.82 Å². The van der Waals surface area contributed by atoms with Crippen LogP contribution < -0.4 is 5.73 Å². The molecule has 0 amide bonds. The Balaban J connectivity index is 2.45. The van der Waals surface area contributed by atoms with E-state index in [0.717, 1.165) is 0 Å². The quantitative estimate of drug-likeness (QED) is 0.855. The van der Waals surface area contributed by atoms with Crippen LogP contribution in [0.4, 0.5) is 5.69 Å².